The highest BCUT2D eigenvalue weighted by Gasteiger charge is 2.25. The van der Waals surface area contributed by atoms with E-state index < -0.39 is 5.82 Å². The van der Waals surface area contributed by atoms with Gasteiger partial charge in [-0.15, -0.1) is 21.8 Å². The second-order valence-electron chi connectivity index (χ2n) is 9.23. The van der Waals surface area contributed by atoms with Gasteiger partial charge in [0.2, 0.25) is 0 Å². The van der Waals surface area contributed by atoms with Gasteiger partial charge in [-0.1, -0.05) is 5.21 Å². The van der Waals surface area contributed by atoms with E-state index >= 15 is 4.39 Å². The number of aromatic nitrogens is 9. The molecule has 194 valence electrons. The smallest absolute Gasteiger partial charge is 0.185 e. The quantitative estimate of drug-likeness (QED) is 0.197. The van der Waals surface area contributed by atoms with Crippen molar-refractivity contribution < 1.29 is 13.9 Å². The third-order valence-corrected chi connectivity index (χ3v) is 6.93. The normalized spacial score (nSPS) is 13.3. The molecule has 1 aromatic carbocycles. The number of hydrogen-bond donors (Lipinski definition) is 0. The highest BCUT2D eigenvalue weighted by Crippen LogP contribution is 2.40. The number of carbonyl (C=O) groups excluding carboxylic acids is 1. The molecule has 1 aliphatic carbocycles. The molecule has 0 bridgehead atoms. The maximum Gasteiger partial charge on any atom is 0.185 e. The maximum absolute atomic E-state index is 15.1. The Hall–Kier alpha value is -4.19. The fourth-order valence-electron chi connectivity index (χ4n) is 4.57. The molecule has 0 N–H and O–H groups in total. The van der Waals surface area contributed by atoms with Crippen LogP contribution in [0.4, 0.5) is 4.39 Å². The fraction of sp³-hybridized carbons (Fsp3) is 0.320. The molecule has 0 radical (unpaired) electrons. The molecular formula is C25H23ClFN9O2. The Morgan fingerprint density at radius 1 is 1.21 bits per heavy atom. The van der Waals surface area contributed by atoms with Crippen LogP contribution in [0.3, 0.4) is 0 Å². The summed E-state index contributed by atoms with van der Waals surface area (Å²) < 4.78 is 25.1. The number of Topliss-reactive ketones (excluding diaryl/α,β-unsaturated/α-hetero) is 1. The number of halogens is 2. The van der Waals surface area contributed by atoms with Crippen LogP contribution in [-0.4, -0.2) is 57.5 Å². The van der Waals surface area contributed by atoms with Gasteiger partial charge in [-0.2, -0.15) is 0 Å². The van der Waals surface area contributed by atoms with E-state index in [1.54, 1.807) is 16.9 Å². The molecule has 1 saturated carbocycles. The van der Waals surface area contributed by atoms with Gasteiger partial charge in [0, 0.05) is 29.9 Å². The summed E-state index contributed by atoms with van der Waals surface area (Å²) in [6.07, 6.45) is 9.51. The van der Waals surface area contributed by atoms with Crippen LogP contribution in [0, 0.1) is 5.82 Å². The van der Waals surface area contributed by atoms with Crippen molar-refractivity contribution in [1.29, 1.82) is 0 Å². The van der Waals surface area contributed by atoms with E-state index in [1.807, 2.05) is 10.6 Å². The molecule has 1 aliphatic rings. The molecule has 0 saturated heterocycles. The first kappa shape index (κ1) is 24.2. The Balaban J connectivity index is 1.18. The molecule has 0 unspecified atom stereocenters. The molecule has 0 atom stereocenters. The molecule has 13 heteroatoms. The molecule has 0 amide bonds. The number of imidazole rings is 1. The summed E-state index contributed by atoms with van der Waals surface area (Å²) in [6.45, 7) is 0.344. The summed E-state index contributed by atoms with van der Waals surface area (Å²) in [5.41, 5.74) is 4.75. The summed E-state index contributed by atoms with van der Waals surface area (Å²) in [4.78, 5) is 17.7. The molecule has 4 heterocycles. The third-order valence-electron chi connectivity index (χ3n) is 6.64. The van der Waals surface area contributed by atoms with Crippen molar-refractivity contribution in [3.63, 3.8) is 0 Å². The van der Waals surface area contributed by atoms with Crippen LogP contribution in [-0.2, 0) is 18.8 Å². The van der Waals surface area contributed by atoms with Crippen molar-refractivity contribution in [3.05, 3.63) is 77.0 Å². The van der Waals surface area contributed by atoms with E-state index in [-0.39, 0.29) is 35.6 Å². The number of rotatable bonds is 10. The molecule has 6 rings (SSSR count). The van der Waals surface area contributed by atoms with E-state index in [9.17, 15) is 4.79 Å². The van der Waals surface area contributed by atoms with Crippen LogP contribution < -0.4 is 4.74 Å². The summed E-state index contributed by atoms with van der Waals surface area (Å²) in [5, 5.41) is 19.2. The van der Waals surface area contributed by atoms with Gasteiger partial charge >= 0.3 is 0 Å². The number of hydrogen-bond acceptors (Lipinski definition) is 8. The lowest BCUT2D eigenvalue weighted by atomic mass is 10.0. The van der Waals surface area contributed by atoms with Crippen LogP contribution in [0.1, 0.15) is 58.1 Å². The average molecular weight is 536 g/mol. The van der Waals surface area contributed by atoms with Gasteiger partial charge in [-0.25, -0.2) is 18.7 Å². The van der Waals surface area contributed by atoms with Gasteiger partial charge in [0.15, 0.2) is 17.3 Å². The van der Waals surface area contributed by atoms with Crippen LogP contribution in [0.25, 0.3) is 11.3 Å². The number of tetrazole rings is 1. The van der Waals surface area contributed by atoms with Crippen LogP contribution in [0.5, 0.6) is 5.75 Å². The lowest BCUT2D eigenvalue weighted by molar-refractivity contribution is 0.0977. The fourth-order valence-corrected chi connectivity index (χ4v) is 4.76. The Bertz CT molecular complexity index is 1630. The highest BCUT2D eigenvalue weighted by atomic mass is 35.5. The van der Waals surface area contributed by atoms with Gasteiger partial charge in [0.25, 0.3) is 0 Å². The number of alkyl halides is 1. The Labute approximate surface area is 221 Å². The number of carbonyl (C=O) groups is 1. The maximum atomic E-state index is 15.1. The summed E-state index contributed by atoms with van der Waals surface area (Å²) in [6, 6.07) is 5.27. The van der Waals surface area contributed by atoms with Crippen molar-refractivity contribution >= 4 is 23.0 Å². The monoisotopic (exact) mass is 535 g/mol. The number of benzene rings is 1. The SMILES string of the molecule is COc1ccc(-n2cnnn2)c(CCC(=O)c2cn(Cc3cn4cc(C5CC5)cc(CCl)c4n3)nn2)c1F. The van der Waals surface area contributed by atoms with Crippen LogP contribution in [0.15, 0.2) is 43.1 Å². The van der Waals surface area contributed by atoms with Gasteiger partial charge in [-0.3, -0.25) is 4.79 Å². The first-order chi connectivity index (χ1) is 18.5. The van der Waals surface area contributed by atoms with Gasteiger partial charge < -0.3 is 9.14 Å². The zero-order chi connectivity index (χ0) is 26.2. The molecule has 11 nitrogen and oxygen atoms in total. The van der Waals surface area contributed by atoms with E-state index in [4.69, 9.17) is 21.3 Å². The van der Waals surface area contributed by atoms with Crippen molar-refractivity contribution in [3.8, 4) is 11.4 Å². The minimum Gasteiger partial charge on any atom is -0.494 e. The number of ether oxygens (including phenoxy) is 1. The number of nitrogens with zero attached hydrogens (tertiary/aromatic N) is 9. The second kappa shape index (κ2) is 9.93. The second-order valence-corrected chi connectivity index (χ2v) is 9.50. The highest BCUT2D eigenvalue weighted by molar-refractivity contribution is 6.17. The van der Waals surface area contributed by atoms with Gasteiger partial charge in [0.1, 0.15) is 17.7 Å². The topological polar surface area (TPSA) is 118 Å². The number of fused-ring (bicyclic) bond motifs is 1. The zero-order valence-electron chi connectivity index (χ0n) is 20.5. The van der Waals surface area contributed by atoms with Gasteiger partial charge in [0.05, 0.1) is 37.1 Å². The Kier molecular flexibility index (Phi) is 6.32. The number of ketones is 1. The molecule has 38 heavy (non-hydrogen) atoms. The summed E-state index contributed by atoms with van der Waals surface area (Å²) >= 11 is 6.19. The third kappa shape index (κ3) is 4.62. The molecule has 0 spiro atoms. The molecule has 0 aliphatic heterocycles. The minimum atomic E-state index is -0.565. The first-order valence-corrected chi connectivity index (χ1v) is 12.7. The first-order valence-electron chi connectivity index (χ1n) is 12.1. The Morgan fingerprint density at radius 2 is 2.08 bits per heavy atom. The number of methoxy groups -OCH3 is 1. The molecule has 1 fully saturated rings. The molecule has 5 aromatic rings. The largest absolute Gasteiger partial charge is 0.494 e. The minimum absolute atomic E-state index is 0.00922. The zero-order valence-corrected chi connectivity index (χ0v) is 21.2. The van der Waals surface area contributed by atoms with E-state index in [0.717, 1.165) is 16.9 Å². The molecular weight excluding hydrogens is 513 g/mol. The standard InChI is InChI=1S/C25H23ClFN9O2/c1-38-23-7-5-21(36-14-28-31-33-36)19(24(23)27)4-6-22(37)20-13-35(32-30-20)12-18-11-34-10-17(15-2-3-15)8-16(9-26)25(34)29-18/h5,7-8,10-11,13-15H,2-4,6,9,12H2,1H3. The van der Waals surface area contributed by atoms with E-state index in [1.165, 1.54) is 42.6 Å². The molecule has 4 aromatic heterocycles. The number of pyridine rings is 1. The Morgan fingerprint density at radius 3 is 2.82 bits per heavy atom. The van der Waals surface area contributed by atoms with Crippen LogP contribution >= 0.6 is 11.6 Å². The van der Waals surface area contributed by atoms with Crippen molar-refractivity contribution in [2.24, 2.45) is 0 Å². The average Bonchev–Trinajstić information content (AvgIpc) is 3.28. The van der Waals surface area contributed by atoms with E-state index in [2.05, 4.69) is 38.1 Å². The van der Waals surface area contributed by atoms with E-state index in [0.29, 0.717) is 24.0 Å². The lowest BCUT2D eigenvalue weighted by Crippen LogP contribution is -2.08. The van der Waals surface area contributed by atoms with Crippen LogP contribution in [0.2, 0.25) is 0 Å². The predicted molar refractivity (Wildman–Crippen MR) is 134 cm³/mol. The lowest BCUT2D eigenvalue weighted by Gasteiger charge is -2.12. The van der Waals surface area contributed by atoms with Gasteiger partial charge in [-0.05, 0) is 59.4 Å². The summed E-state index contributed by atoms with van der Waals surface area (Å²) in [5.74, 6) is 0.222. The predicted octanol–water partition coefficient (Wildman–Crippen LogP) is 3.53. The summed E-state index contributed by atoms with van der Waals surface area (Å²) in [7, 11) is 1.38. The van der Waals surface area contributed by atoms with Crippen molar-refractivity contribution in [1.82, 2.24) is 44.6 Å². The van der Waals surface area contributed by atoms with Crippen molar-refractivity contribution in [2.45, 2.75) is 44.0 Å². The van der Waals surface area contributed by atoms with Crippen molar-refractivity contribution in [2.75, 3.05) is 7.11 Å².